The summed E-state index contributed by atoms with van der Waals surface area (Å²) in [7, 11) is 1.48. The highest BCUT2D eigenvalue weighted by molar-refractivity contribution is 5.92. The Bertz CT molecular complexity index is 664. The van der Waals surface area contributed by atoms with E-state index in [0.717, 1.165) is 5.56 Å². The Labute approximate surface area is 134 Å². The molecular formula is C17H20FN3O2. The molecule has 0 unspecified atom stereocenters. The normalized spacial score (nSPS) is 12.6. The van der Waals surface area contributed by atoms with Crippen LogP contribution in [0.2, 0.25) is 0 Å². The van der Waals surface area contributed by atoms with Crippen LogP contribution in [0.1, 0.15) is 42.9 Å². The van der Waals surface area contributed by atoms with Gasteiger partial charge in [0.05, 0.1) is 13.2 Å². The Morgan fingerprint density at radius 2 is 1.78 bits per heavy atom. The standard InChI is InChI=1S/C17H20FN3O2/c1-17(2,3)15(11-5-7-12(18)8-6-11)19-16(22)13-9-10-14(23-4)21-20-13/h5-10,15H,1-4H3,(H,19,22)/t15-/m1/s1. The summed E-state index contributed by atoms with van der Waals surface area (Å²) in [5.41, 5.74) is 0.767. The first-order chi connectivity index (χ1) is 10.8. The molecule has 1 N–H and O–H groups in total. The quantitative estimate of drug-likeness (QED) is 0.941. The molecule has 2 aromatic rings. The van der Waals surface area contributed by atoms with E-state index in [2.05, 4.69) is 15.5 Å². The third-order valence-electron chi connectivity index (χ3n) is 3.43. The van der Waals surface area contributed by atoms with Gasteiger partial charge in [-0.2, -0.15) is 0 Å². The lowest BCUT2D eigenvalue weighted by molar-refractivity contribution is 0.0895. The molecule has 0 bridgehead atoms. The Balaban J connectivity index is 2.23. The molecule has 0 aliphatic heterocycles. The molecule has 0 saturated carbocycles. The van der Waals surface area contributed by atoms with E-state index in [1.807, 2.05) is 20.8 Å². The number of rotatable bonds is 4. The fraction of sp³-hybridized carbons (Fsp3) is 0.353. The summed E-state index contributed by atoms with van der Waals surface area (Å²) in [5.74, 6) is -0.314. The third-order valence-corrected chi connectivity index (χ3v) is 3.43. The minimum absolute atomic E-state index is 0.196. The molecule has 0 aliphatic carbocycles. The highest BCUT2D eigenvalue weighted by Crippen LogP contribution is 2.33. The number of ether oxygens (including phenoxy) is 1. The van der Waals surface area contributed by atoms with Crippen molar-refractivity contribution in [2.75, 3.05) is 7.11 Å². The molecule has 2 rings (SSSR count). The molecule has 5 nitrogen and oxygen atoms in total. The second kappa shape index (κ2) is 6.73. The number of aromatic nitrogens is 2. The van der Waals surface area contributed by atoms with Crippen molar-refractivity contribution in [1.82, 2.24) is 15.5 Å². The zero-order valence-electron chi connectivity index (χ0n) is 13.6. The number of nitrogens with zero attached hydrogens (tertiary/aromatic N) is 2. The van der Waals surface area contributed by atoms with Gasteiger partial charge in [0.2, 0.25) is 5.88 Å². The van der Waals surface area contributed by atoms with Crippen molar-refractivity contribution in [2.45, 2.75) is 26.8 Å². The van der Waals surface area contributed by atoms with E-state index in [9.17, 15) is 9.18 Å². The molecule has 0 spiro atoms. The van der Waals surface area contributed by atoms with Crippen LogP contribution in [0.3, 0.4) is 0 Å². The highest BCUT2D eigenvalue weighted by atomic mass is 19.1. The zero-order chi connectivity index (χ0) is 17.0. The molecular weight excluding hydrogens is 297 g/mol. The Hall–Kier alpha value is -2.50. The monoisotopic (exact) mass is 317 g/mol. The second-order valence-electron chi connectivity index (χ2n) is 6.28. The minimum Gasteiger partial charge on any atom is -0.480 e. The van der Waals surface area contributed by atoms with Crippen LogP contribution >= 0.6 is 0 Å². The SMILES string of the molecule is COc1ccc(C(=O)N[C@H](c2ccc(F)cc2)C(C)(C)C)nn1. The molecule has 122 valence electrons. The summed E-state index contributed by atoms with van der Waals surface area (Å²) in [4.78, 5) is 12.4. The maximum Gasteiger partial charge on any atom is 0.272 e. The van der Waals surface area contributed by atoms with Crippen molar-refractivity contribution in [3.63, 3.8) is 0 Å². The lowest BCUT2D eigenvalue weighted by Crippen LogP contribution is -2.37. The minimum atomic E-state index is -0.343. The van der Waals surface area contributed by atoms with Gasteiger partial charge in [0.25, 0.3) is 5.91 Å². The zero-order valence-corrected chi connectivity index (χ0v) is 13.6. The number of nitrogens with one attached hydrogen (secondary N) is 1. The molecule has 0 saturated heterocycles. The van der Waals surface area contributed by atoms with Gasteiger partial charge >= 0.3 is 0 Å². The van der Waals surface area contributed by atoms with Gasteiger partial charge in [-0.1, -0.05) is 32.9 Å². The fourth-order valence-electron chi connectivity index (χ4n) is 2.21. The van der Waals surface area contributed by atoms with Crippen molar-refractivity contribution in [3.05, 3.63) is 53.5 Å². The van der Waals surface area contributed by atoms with Crippen LogP contribution < -0.4 is 10.1 Å². The van der Waals surface area contributed by atoms with E-state index in [-0.39, 0.29) is 28.9 Å². The third kappa shape index (κ3) is 4.25. The van der Waals surface area contributed by atoms with E-state index in [0.29, 0.717) is 5.88 Å². The van der Waals surface area contributed by atoms with E-state index in [1.54, 1.807) is 24.3 Å². The number of hydrogen-bond acceptors (Lipinski definition) is 4. The predicted octanol–water partition coefficient (Wildman–Crippen LogP) is 3.14. The van der Waals surface area contributed by atoms with Crippen LogP contribution in [0.15, 0.2) is 36.4 Å². The summed E-state index contributed by atoms with van der Waals surface area (Å²) >= 11 is 0. The second-order valence-corrected chi connectivity index (χ2v) is 6.28. The molecule has 1 aromatic carbocycles. The smallest absolute Gasteiger partial charge is 0.272 e. The Morgan fingerprint density at radius 3 is 2.26 bits per heavy atom. The Morgan fingerprint density at radius 1 is 1.13 bits per heavy atom. The molecule has 23 heavy (non-hydrogen) atoms. The van der Waals surface area contributed by atoms with E-state index in [1.165, 1.54) is 19.2 Å². The summed E-state index contributed by atoms with van der Waals surface area (Å²) in [6.45, 7) is 6.00. The largest absolute Gasteiger partial charge is 0.480 e. The number of hydrogen-bond donors (Lipinski definition) is 1. The first-order valence-electron chi connectivity index (χ1n) is 7.25. The van der Waals surface area contributed by atoms with Gasteiger partial charge in [0, 0.05) is 6.07 Å². The number of carbonyl (C=O) groups excluding carboxylic acids is 1. The van der Waals surface area contributed by atoms with Crippen LogP contribution in [0.4, 0.5) is 4.39 Å². The summed E-state index contributed by atoms with van der Waals surface area (Å²) in [6.07, 6.45) is 0. The molecule has 1 amide bonds. The van der Waals surface area contributed by atoms with Gasteiger partial charge in [0.1, 0.15) is 5.82 Å². The first kappa shape index (κ1) is 16.9. The van der Waals surface area contributed by atoms with Crippen LogP contribution in [-0.2, 0) is 0 Å². The van der Waals surface area contributed by atoms with Crippen molar-refractivity contribution < 1.29 is 13.9 Å². The molecule has 0 fully saturated rings. The maximum atomic E-state index is 13.1. The van der Waals surface area contributed by atoms with Gasteiger partial charge in [0.15, 0.2) is 5.69 Å². The van der Waals surface area contributed by atoms with Crippen LogP contribution in [0, 0.1) is 11.2 Å². The lowest BCUT2D eigenvalue weighted by atomic mass is 9.82. The molecule has 1 atom stereocenters. The highest BCUT2D eigenvalue weighted by Gasteiger charge is 2.28. The van der Waals surface area contributed by atoms with Gasteiger partial charge in [-0.15, -0.1) is 10.2 Å². The van der Waals surface area contributed by atoms with Crippen LogP contribution in [0.25, 0.3) is 0 Å². The predicted molar refractivity (Wildman–Crippen MR) is 84.6 cm³/mol. The number of methoxy groups -OCH3 is 1. The van der Waals surface area contributed by atoms with E-state index in [4.69, 9.17) is 4.74 Å². The van der Waals surface area contributed by atoms with Gasteiger partial charge < -0.3 is 10.1 Å². The number of carbonyl (C=O) groups is 1. The molecule has 1 heterocycles. The van der Waals surface area contributed by atoms with Crippen molar-refractivity contribution in [3.8, 4) is 5.88 Å². The van der Waals surface area contributed by atoms with Gasteiger partial charge in [-0.25, -0.2) is 4.39 Å². The average Bonchev–Trinajstić information content (AvgIpc) is 2.52. The van der Waals surface area contributed by atoms with Crippen molar-refractivity contribution >= 4 is 5.91 Å². The van der Waals surface area contributed by atoms with Crippen LogP contribution in [0.5, 0.6) is 5.88 Å². The lowest BCUT2D eigenvalue weighted by Gasteiger charge is -2.31. The van der Waals surface area contributed by atoms with Gasteiger partial charge in [-0.3, -0.25) is 4.79 Å². The molecule has 0 aliphatic rings. The molecule has 6 heteroatoms. The summed E-state index contributed by atoms with van der Waals surface area (Å²) in [5, 5.41) is 10.6. The average molecular weight is 317 g/mol. The number of benzene rings is 1. The number of amides is 1. The maximum absolute atomic E-state index is 13.1. The number of halogens is 1. The molecule has 0 radical (unpaired) electrons. The van der Waals surface area contributed by atoms with Gasteiger partial charge in [-0.05, 0) is 29.2 Å². The van der Waals surface area contributed by atoms with Crippen LogP contribution in [-0.4, -0.2) is 23.2 Å². The Kier molecular flexibility index (Phi) is 4.93. The summed E-state index contributed by atoms with van der Waals surface area (Å²) in [6, 6.07) is 8.94. The molecule has 1 aromatic heterocycles. The van der Waals surface area contributed by atoms with Crippen molar-refractivity contribution in [1.29, 1.82) is 0 Å². The summed E-state index contributed by atoms with van der Waals surface area (Å²) < 4.78 is 18.1. The van der Waals surface area contributed by atoms with E-state index < -0.39 is 0 Å². The van der Waals surface area contributed by atoms with E-state index >= 15 is 0 Å². The van der Waals surface area contributed by atoms with Crippen molar-refractivity contribution in [2.24, 2.45) is 5.41 Å². The first-order valence-corrected chi connectivity index (χ1v) is 7.25. The topological polar surface area (TPSA) is 64.1 Å². The fourth-order valence-corrected chi connectivity index (χ4v) is 2.21.